The summed E-state index contributed by atoms with van der Waals surface area (Å²) in [6.07, 6.45) is 3.36. The van der Waals surface area contributed by atoms with Crippen molar-refractivity contribution in [1.82, 2.24) is 9.97 Å². The van der Waals surface area contributed by atoms with Gasteiger partial charge in [0.25, 0.3) is 5.91 Å². The molecule has 4 heteroatoms. The van der Waals surface area contributed by atoms with Gasteiger partial charge in [-0.05, 0) is 18.2 Å². The van der Waals surface area contributed by atoms with Crippen molar-refractivity contribution in [3.05, 3.63) is 60.4 Å². The van der Waals surface area contributed by atoms with E-state index in [-0.39, 0.29) is 0 Å². The van der Waals surface area contributed by atoms with Crippen LogP contribution in [0.2, 0.25) is 0 Å². The Kier molecular flexibility index (Phi) is 2.68. The van der Waals surface area contributed by atoms with Crippen LogP contribution < -0.4 is 5.73 Å². The second-order valence-electron chi connectivity index (χ2n) is 4.14. The predicted molar refractivity (Wildman–Crippen MR) is 73.5 cm³/mol. The van der Waals surface area contributed by atoms with Gasteiger partial charge in [-0.15, -0.1) is 0 Å². The number of rotatable bonds is 2. The molecule has 3 aromatic rings. The van der Waals surface area contributed by atoms with Crippen molar-refractivity contribution in [2.75, 3.05) is 0 Å². The first kappa shape index (κ1) is 11.3. The first-order valence-electron chi connectivity index (χ1n) is 5.86. The Labute approximate surface area is 109 Å². The van der Waals surface area contributed by atoms with Crippen molar-refractivity contribution in [2.45, 2.75) is 0 Å². The van der Waals surface area contributed by atoms with Gasteiger partial charge in [-0.1, -0.05) is 24.3 Å². The topological polar surface area (TPSA) is 68.9 Å². The molecule has 4 nitrogen and oxygen atoms in total. The van der Waals surface area contributed by atoms with Gasteiger partial charge in [0.2, 0.25) is 0 Å². The molecule has 0 fully saturated rings. The number of pyridine rings is 2. The number of fused-ring (bicyclic) bond motifs is 1. The molecule has 0 saturated heterocycles. The number of benzene rings is 1. The fraction of sp³-hybridized carbons (Fsp3) is 0. The number of amides is 1. The number of carbonyl (C=O) groups excluding carboxylic acids is 1. The van der Waals surface area contributed by atoms with Crippen LogP contribution in [0.25, 0.3) is 22.2 Å². The average Bonchev–Trinajstić information content (AvgIpc) is 2.46. The molecule has 2 heterocycles. The van der Waals surface area contributed by atoms with Crippen molar-refractivity contribution in [3.8, 4) is 11.3 Å². The highest BCUT2D eigenvalue weighted by atomic mass is 16.1. The number of para-hydroxylation sites is 1. The fourth-order valence-corrected chi connectivity index (χ4v) is 2.11. The van der Waals surface area contributed by atoms with Crippen LogP contribution in [0.15, 0.2) is 54.9 Å². The van der Waals surface area contributed by atoms with E-state index in [2.05, 4.69) is 9.97 Å². The van der Waals surface area contributed by atoms with Crippen molar-refractivity contribution in [1.29, 1.82) is 0 Å². The largest absolute Gasteiger partial charge is 0.366 e. The Morgan fingerprint density at radius 1 is 0.947 bits per heavy atom. The first-order valence-corrected chi connectivity index (χ1v) is 5.86. The maximum atomic E-state index is 11.5. The molecule has 0 aliphatic rings. The minimum atomic E-state index is -0.490. The molecule has 3 rings (SSSR count). The van der Waals surface area contributed by atoms with Crippen LogP contribution in [0.1, 0.15) is 10.4 Å². The molecule has 0 saturated carbocycles. The number of nitrogens with zero attached hydrogens (tertiary/aromatic N) is 2. The molecule has 0 bridgehead atoms. The molecule has 0 aliphatic carbocycles. The van der Waals surface area contributed by atoms with Gasteiger partial charge >= 0.3 is 0 Å². The third-order valence-electron chi connectivity index (χ3n) is 2.96. The quantitative estimate of drug-likeness (QED) is 0.758. The van der Waals surface area contributed by atoms with Gasteiger partial charge in [-0.25, -0.2) is 0 Å². The van der Waals surface area contributed by atoms with E-state index in [1.807, 2.05) is 30.3 Å². The zero-order valence-corrected chi connectivity index (χ0v) is 10.1. The van der Waals surface area contributed by atoms with Crippen LogP contribution in [0.4, 0.5) is 0 Å². The smallest absolute Gasteiger partial charge is 0.250 e. The zero-order valence-electron chi connectivity index (χ0n) is 10.1. The van der Waals surface area contributed by atoms with E-state index in [9.17, 15) is 4.79 Å². The van der Waals surface area contributed by atoms with Crippen molar-refractivity contribution >= 4 is 16.8 Å². The van der Waals surface area contributed by atoms with Gasteiger partial charge in [0, 0.05) is 23.3 Å². The van der Waals surface area contributed by atoms with E-state index in [0.717, 1.165) is 16.5 Å². The van der Waals surface area contributed by atoms with Gasteiger partial charge in [0.15, 0.2) is 0 Å². The van der Waals surface area contributed by atoms with Gasteiger partial charge in [-0.3, -0.25) is 14.8 Å². The highest BCUT2D eigenvalue weighted by Gasteiger charge is 2.13. The Hall–Kier alpha value is -2.75. The lowest BCUT2D eigenvalue weighted by atomic mass is 10.0. The second-order valence-corrected chi connectivity index (χ2v) is 4.14. The fourth-order valence-electron chi connectivity index (χ4n) is 2.11. The van der Waals surface area contributed by atoms with Gasteiger partial charge in [-0.2, -0.15) is 0 Å². The van der Waals surface area contributed by atoms with Crippen molar-refractivity contribution in [2.24, 2.45) is 5.73 Å². The highest BCUT2D eigenvalue weighted by Crippen LogP contribution is 2.27. The minimum absolute atomic E-state index is 0.403. The summed E-state index contributed by atoms with van der Waals surface area (Å²) < 4.78 is 0. The Morgan fingerprint density at radius 2 is 1.68 bits per heavy atom. The van der Waals surface area contributed by atoms with E-state index >= 15 is 0 Å². The average molecular weight is 249 g/mol. The lowest BCUT2D eigenvalue weighted by Crippen LogP contribution is -2.13. The summed E-state index contributed by atoms with van der Waals surface area (Å²) in [6, 6.07) is 13.0. The molecule has 0 aliphatic heterocycles. The van der Waals surface area contributed by atoms with Crippen LogP contribution in [0.3, 0.4) is 0 Å². The standard InChI is InChI=1S/C15H11N3O/c16-15(19)12-7-3-9-18-14(12)11-6-1-4-10-5-2-8-17-13(10)11/h1-9H,(H2,16,19). The van der Waals surface area contributed by atoms with E-state index in [4.69, 9.17) is 5.73 Å². The molecule has 2 N–H and O–H groups in total. The maximum absolute atomic E-state index is 11.5. The minimum Gasteiger partial charge on any atom is -0.366 e. The summed E-state index contributed by atoms with van der Waals surface area (Å²) in [5.74, 6) is -0.490. The summed E-state index contributed by atoms with van der Waals surface area (Å²) in [5.41, 5.74) is 7.99. The van der Waals surface area contributed by atoms with Gasteiger partial charge < -0.3 is 5.73 Å². The number of aromatic nitrogens is 2. The molecular formula is C15H11N3O. The molecule has 0 atom stereocenters. The molecule has 2 aromatic heterocycles. The van der Waals surface area contributed by atoms with Gasteiger partial charge in [0.1, 0.15) is 0 Å². The van der Waals surface area contributed by atoms with E-state index in [1.54, 1.807) is 24.5 Å². The monoisotopic (exact) mass is 249 g/mol. The molecule has 1 aromatic carbocycles. The van der Waals surface area contributed by atoms with Gasteiger partial charge in [0.05, 0.1) is 16.8 Å². The van der Waals surface area contributed by atoms with Crippen LogP contribution in [-0.2, 0) is 0 Å². The van der Waals surface area contributed by atoms with Crippen LogP contribution >= 0.6 is 0 Å². The predicted octanol–water partition coefficient (Wildman–Crippen LogP) is 2.40. The van der Waals surface area contributed by atoms with E-state index in [1.165, 1.54) is 0 Å². The summed E-state index contributed by atoms with van der Waals surface area (Å²) in [7, 11) is 0. The third-order valence-corrected chi connectivity index (χ3v) is 2.96. The number of hydrogen-bond donors (Lipinski definition) is 1. The molecule has 0 spiro atoms. The number of primary amides is 1. The summed E-state index contributed by atoms with van der Waals surface area (Å²) in [4.78, 5) is 20.1. The van der Waals surface area contributed by atoms with Crippen LogP contribution in [0, 0.1) is 0 Å². The molecular weight excluding hydrogens is 238 g/mol. The Bertz CT molecular complexity index is 763. The molecule has 92 valence electrons. The van der Waals surface area contributed by atoms with Crippen molar-refractivity contribution in [3.63, 3.8) is 0 Å². The molecule has 19 heavy (non-hydrogen) atoms. The Balaban J connectivity index is 2.34. The number of hydrogen-bond acceptors (Lipinski definition) is 3. The summed E-state index contributed by atoms with van der Waals surface area (Å²) in [5, 5.41) is 1.00. The zero-order chi connectivity index (χ0) is 13.2. The maximum Gasteiger partial charge on any atom is 0.250 e. The SMILES string of the molecule is NC(=O)c1cccnc1-c1cccc2cccnc12. The lowest BCUT2D eigenvalue weighted by Gasteiger charge is -2.08. The number of carbonyl (C=O) groups is 1. The first-order chi connectivity index (χ1) is 9.27. The van der Waals surface area contributed by atoms with Crippen LogP contribution in [0.5, 0.6) is 0 Å². The van der Waals surface area contributed by atoms with Crippen molar-refractivity contribution < 1.29 is 4.79 Å². The molecule has 0 unspecified atom stereocenters. The summed E-state index contributed by atoms with van der Waals surface area (Å²) in [6.45, 7) is 0. The molecule has 0 radical (unpaired) electrons. The lowest BCUT2D eigenvalue weighted by molar-refractivity contribution is 0.100. The normalized spacial score (nSPS) is 10.5. The second kappa shape index (κ2) is 4.49. The van der Waals surface area contributed by atoms with Crippen LogP contribution in [-0.4, -0.2) is 15.9 Å². The number of nitrogens with two attached hydrogens (primary N) is 1. The van der Waals surface area contributed by atoms with E-state index in [0.29, 0.717) is 11.3 Å². The molecule has 1 amide bonds. The van der Waals surface area contributed by atoms with E-state index < -0.39 is 5.91 Å². The Morgan fingerprint density at radius 3 is 2.53 bits per heavy atom. The third kappa shape index (κ3) is 1.93. The highest BCUT2D eigenvalue weighted by molar-refractivity contribution is 6.03. The summed E-state index contributed by atoms with van der Waals surface area (Å²) >= 11 is 0.